The van der Waals surface area contributed by atoms with Crippen LogP contribution >= 0.6 is 0 Å². The van der Waals surface area contributed by atoms with Crippen molar-refractivity contribution in [2.24, 2.45) is 0 Å². The highest BCUT2D eigenvalue weighted by Crippen LogP contribution is 2.38. The van der Waals surface area contributed by atoms with Crippen molar-refractivity contribution in [3.05, 3.63) is 54.1 Å². The second-order valence-electron chi connectivity index (χ2n) is 5.08. The van der Waals surface area contributed by atoms with E-state index in [1.807, 2.05) is 55.5 Å². The molecule has 0 N–H and O–H groups in total. The number of methoxy groups -OCH3 is 1. The first-order chi connectivity index (χ1) is 10.8. The maximum Gasteiger partial charge on any atom is 0.310 e. The zero-order valence-corrected chi connectivity index (χ0v) is 12.8. The Morgan fingerprint density at radius 3 is 1.86 bits per heavy atom. The predicted octanol–water partition coefficient (Wildman–Crippen LogP) is 4.11. The van der Waals surface area contributed by atoms with Gasteiger partial charge in [-0.2, -0.15) is 0 Å². The molecule has 0 radical (unpaired) electrons. The molecular formula is C19H18O3. The van der Waals surface area contributed by atoms with Crippen LogP contribution in [0.3, 0.4) is 0 Å². The summed E-state index contributed by atoms with van der Waals surface area (Å²) in [5.74, 6) is 0.641. The average Bonchev–Trinajstić information content (AvgIpc) is 2.55. The van der Waals surface area contributed by atoms with E-state index >= 15 is 0 Å². The third-order valence-electron chi connectivity index (χ3n) is 3.82. The van der Waals surface area contributed by atoms with Gasteiger partial charge in [-0.25, -0.2) is 0 Å². The van der Waals surface area contributed by atoms with Crippen molar-refractivity contribution < 1.29 is 14.3 Å². The van der Waals surface area contributed by atoms with Crippen LogP contribution in [0.4, 0.5) is 0 Å². The number of carbonyl (C=O) groups excluding carboxylic acids is 1. The Labute approximate surface area is 129 Å². The van der Waals surface area contributed by atoms with Crippen molar-refractivity contribution in [2.75, 3.05) is 13.7 Å². The molecule has 3 rings (SSSR count). The van der Waals surface area contributed by atoms with E-state index in [4.69, 9.17) is 9.47 Å². The molecule has 3 heteroatoms. The van der Waals surface area contributed by atoms with Crippen molar-refractivity contribution in [2.45, 2.75) is 13.3 Å². The molecule has 0 aliphatic carbocycles. The lowest BCUT2D eigenvalue weighted by molar-refractivity contribution is -0.142. The summed E-state index contributed by atoms with van der Waals surface area (Å²) in [5, 5.41) is 4.10. The van der Waals surface area contributed by atoms with E-state index in [0.717, 1.165) is 32.9 Å². The number of esters is 1. The number of benzene rings is 3. The normalized spacial score (nSPS) is 10.8. The molecular weight excluding hydrogens is 276 g/mol. The molecule has 0 spiro atoms. The largest absolute Gasteiger partial charge is 0.495 e. The van der Waals surface area contributed by atoms with Gasteiger partial charge in [-0.3, -0.25) is 4.79 Å². The molecule has 3 aromatic rings. The monoisotopic (exact) mass is 294 g/mol. The first kappa shape index (κ1) is 14.4. The van der Waals surface area contributed by atoms with E-state index in [0.29, 0.717) is 6.61 Å². The topological polar surface area (TPSA) is 35.5 Å². The number of fused-ring (bicyclic) bond motifs is 2. The zero-order chi connectivity index (χ0) is 15.5. The molecule has 22 heavy (non-hydrogen) atoms. The van der Waals surface area contributed by atoms with Crippen LogP contribution in [0.5, 0.6) is 5.75 Å². The van der Waals surface area contributed by atoms with Crippen LogP contribution in [-0.4, -0.2) is 19.7 Å². The van der Waals surface area contributed by atoms with Crippen molar-refractivity contribution in [1.29, 1.82) is 0 Å². The summed E-state index contributed by atoms with van der Waals surface area (Å²) in [6.07, 6.45) is 0.263. The minimum absolute atomic E-state index is 0.206. The highest BCUT2D eigenvalue weighted by Gasteiger charge is 2.16. The van der Waals surface area contributed by atoms with Gasteiger partial charge in [0.25, 0.3) is 0 Å². The summed E-state index contributed by atoms with van der Waals surface area (Å²) in [6, 6.07) is 16.0. The molecule has 0 atom stereocenters. The molecule has 0 fully saturated rings. The van der Waals surface area contributed by atoms with E-state index in [9.17, 15) is 4.79 Å². The van der Waals surface area contributed by atoms with Crippen molar-refractivity contribution in [3.63, 3.8) is 0 Å². The highest BCUT2D eigenvalue weighted by atomic mass is 16.5. The number of hydrogen-bond acceptors (Lipinski definition) is 3. The number of carbonyl (C=O) groups is 1. The van der Waals surface area contributed by atoms with E-state index in [2.05, 4.69) is 0 Å². The SMILES string of the molecule is CCOC(=O)Cc1c2ccccc2c(OC)c2ccccc12. The molecule has 0 saturated carbocycles. The van der Waals surface area contributed by atoms with E-state index < -0.39 is 0 Å². The lowest BCUT2D eigenvalue weighted by Crippen LogP contribution is -2.08. The summed E-state index contributed by atoms with van der Waals surface area (Å²) >= 11 is 0. The van der Waals surface area contributed by atoms with Crippen LogP contribution in [0.1, 0.15) is 12.5 Å². The fraction of sp³-hybridized carbons (Fsp3) is 0.211. The minimum Gasteiger partial charge on any atom is -0.495 e. The third kappa shape index (κ3) is 2.39. The Kier molecular flexibility index (Phi) is 3.96. The maximum atomic E-state index is 12.0. The Bertz CT molecular complexity index is 780. The van der Waals surface area contributed by atoms with Gasteiger partial charge < -0.3 is 9.47 Å². The van der Waals surface area contributed by atoms with Gasteiger partial charge in [0.05, 0.1) is 20.1 Å². The number of rotatable bonds is 4. The Morgan fingerprint density at radius 1 is 0.909 bits per heavy atom. The Hall–Kier alpha value is -2.55. The van der Waals surface area contributed by atoms with E-state index in [-0.39, 0.29) is 12.4 Å². The van der Waals surface area contributed by atoms with Crippen LogP contribution < -0.4 is 4.74 Å². The lowest BCUT2D eigenvalue weighted by atomic mass is 9.94. The molecule has 0 heterocycles. The molecule has 0 saturated heterocycles. The molecule has 0 aliphatic rings. The van der Waals surface area contributed by atoms with E-state index in [1.54, 1.807) is 7.11 Å². The summed E-state index contributed by atoms with van der Waals surface area (Å²) in [7, 11) is 1.68. The third-order valence-corrected chi connectivity index (χ3v) is 3.82. The Morgan fingerprint density at radius 2 is 1.41 bits per heavy atom. The second-order valence-corrected chi connectivity index (χ2v) is 5.08. The molecule has 112 valence electrons. The van der Waals surface area contributed by atoms with Crippen molar-refractivity contribution in [3.8, 4) is 5.75 Å². The molecule has 0 aliphatic heterocycles. The van der Waals surface area contributed by atoms with E-state index in [1.165, 1.54) is 0 Å². The second kappa shape index (κ2) is 6.06. The predicted molar refractivity (Wildman–Crippen MR) is 88.3 cm³/mol. The molecule has 3 aromatic carbocycles. The summed E-state index contributed by atoms with van der Waals surface area (Å²) in [6.45, 7) is 2.22. The van der Waals surface area contributed by atoms with Gasteiger partial charge in [-0.15, -0.1) is 0 Å². The first-order valence-corrected chi connectivity index (χ1v) is 7.38. The van der Waals surface area contributed by atoms with Gasteiger partial charge in [-0.05, 0) is 23.3 Å². The smallest absolute Gasteiger partial charge is 0.310 e. The quantitative estimate of drug-likeness (QED) is 0.536. The molecule has 0 aromatic heterocycles. The fourth-order valence-corrected chi connectivity index (χ4v) is 2.95. The molecule has 3 nitrogen and oxygen atoms in total. The molecule has 0 bridgehead atoms. The molecule has 0 amide bonds. The lowest BCUT2D eigenvalue weighted by Gasteiger charge is -2.15. The van der Waals surface area contributed by atoms with Gasteiger partial charge in [0.1, 0.15) is 5.75 Å². The van der Waals surface area contributed by atoms with Gasteiger partial charge in [0.15, 0.2) is 0 Å². The highest BCUT2D eigenvalue weighted by molar-refractivity contribution is 6.09. The van der Waals surface area contributed by atoms with Gasteiger partial charge >= 0.3 is 5.97 Å². The van der Waals surface area contributed by atoms with Gasteiger partial charge in [0.2, 0.25) is 0 Å². The van der Waals surface area contributed by atoms with Crippen LogP contribution in [-0.2, 0) is 16.0 Å². The number of hydrogen-bond donors (Lipinski definition) is 0. The van der Waals surface area contributed by atoms with Crippen LogP contribution in [0.15, 0.2) is 48.5 Å². The maximum absolute atomic E-state index is 12.0. The zero-order valence-electron chi connectivity index (χ0n) is 12.8. The minimum atomic E-state index is -0.206. The summed E-state index contributed by atoms with van der Waals surface area (Å²) in [5.41, 5.74) is 0.991. The van der Waals surface area contributed by atoms with Crippen molar-refractivity contribution in [1.82, 2.24) is 0 Å². The van der Waals surface area contributed by atoms with Gasteiger partial charge in [0, 0.05) is 10.8 Å². The van der Waals surface area contributed by atoms with Crippen LogP contribution in [0, 0.1) is 0 Å². The standard InChI is InChI=1S/C19H18O3/c1-3-22-18(20)12-17-13-8-4-6-10-15(13)19(21-2)16-11-7-5-9-14(16)17/h4-11H,3,12H2,1-2H3. The van der Waals surface area contributed by atoms with Crippen LogP contribution in [0.2, 0.25) is 0 Å². The van der Waals surface area contributed by atoms with Crippen LogP contribution in [0.25, 0.3) is 21.5 Å². The number of ether oxygens (including phenoxy) is 2. The fourth-order valence-electron chi connectivity index (χ4n) is 2.95. The first-order valence-electron chi connectivity index (χ1n) is 7.38. The molecule has 0 unspecified atom stereocenters. The Balaban J connectivity index is 2.34. The summed E-state index contributed by atoms with van der Waals surface area (Å²) < 4.78 is 10.8. The van der Waals surface area contributed by atoms with Crippen molar-refractivity contribution >= 4 is 27.5 Å². The average molecular weight is 294 g/mol. The summed E-state index contributed by atoms with van der Waals surface area (Å²) in [4.78, 5) is 12.0. The van der Waals surface area contributed by atoms with Gasteiger partial charge in [-0.1, -0.05) is 48.5 Å².